The Morgan fingerprint density at radius 1 is 0.338 bits per heavy atom. The third-order valence-corrected chi connectivity index (χ3v) is 10.5. The van der Waals surface area contributed by atoms with Gasteiger partial charge in [0.15, 0.2) is 49.6 Å². The molecule has 4 aromatic rings. The predicted octanol–water partition coefficient (Wildman–Crippen LogP) is 6.34. The number of rotatable bonds is 16. The van der Waals surface area contributed by atoms with E-state index >= 15 is 9.59 Å². The molecule has 0 radical (unpaired) electrons. The van der Waals surface area contributed by atoms with Crippen molar-refractivity contribution in [3.05, 3.63) is 119 Å². The van der Waals surface area contributed by atoms with Crippen molar-refractivity contribution >= 4 is 69.3 Å². The van der Waals surface area contributed by atoms with E-state index < -0.39 is 73.4 Å². The van der Waals surface area contributed by atoms with Gasteiger partial charge in [0.2, 0.25) is 0 Å². The molecule has 0 N–H and O–H groups in total. The van der Waals surface area contributed by atoms with Gasteiger partial charge in [0.05, 0.1) is 26.4 Å². The third kappa shape index (κ3) is 10.0. The molecular weight excluding hydrogens is 881 g/mol. The summed E-state index contributed by atoms with van der Waals surface area (Å²) in [4.78, 5) is 110. The van der Waals surface area contributed by atoms with E-state index in [-0.39, 0.29) is 116 Å². The van der Waals surface area contributed by atoms with Crippen LogP contribution in [0.15, 0.2) is 97.1 Å². The van der Waals surface area contributed by atoms with Crippen molar-refractivity contribution in [2.75, 3.05) is 52.9 Å². The number of carbonyl (C=O) groups excluding carboxylic acids is 8. The average Bonchev–Trinajstić information content (AvgIpc) is 3.32. The van der Waals surface area contributed by atoms with Crippen LogP contribution in [-0.2, 0) is 57.3 Å². The number of hydrogen-bond acceptors (Lipinski definition) is 16. The van der Waals surface area contributed by atoms with Gasteiger partial charge in [0.1, 0.15) is 23.0 Å². The Morgan fingerprint density at radius 2 is 0.544 bits per heavy atom. The van der Waals surface area contributed by atoms with Crippen LogP contribution in [0.2, 0.25) is 0 Å². The van der Waals surface area contributed by atoms with Crippen molar-refractivity contribution in [2.45, 2.75) is 27.7 Å². The fraction of sp³-hybridized carbons (Fsp3) is 0.231. The SMILES string of the molecule is CCOC(=O)COc1c2cccc1-c1cccc(c1OCC(=O)OCC)C1=CC(=O)C=C(C1=O)c1cccc(c1OCC(=O)OCC)-c1cccc(c1OCC(=O)OCC)C1=CC(=O)C=C2C1=O. The summed E-state index contributed by atoms with van der Waals surface area (Å²) in [5.41, 5.74) is 0.135. The van der Waals surface area contributed by atoms with Crippen LogP contribution >= 0.6 is 0 Å². The third-order valence-electron chi connectivity index (χ3n) is 10.5. The van der Waals surface area contributed by atoms with Crippen LogP contribution in [0.25, 0.3) is 44.5 Å². The minimum atomic E-state index is -0.763. The number of ketones is 4. The molecule has 3 aliphatic carbocycles. The van der Waals surface area contributed by atoms with Crippen molar-refractivity contribution < 1.29 is 76.3 Å². The molecule has 3 aliphatic rings. The van der Waals surface area contributed by atoms with Crippen LogP contribution in [0.1, 0.15) is 49.9 Å². The van der Waals surface area contributed by atoms with Gasteiger partial charge in [0, 0.05) is 66.8 Å². The molecule has 4 aromatic carbocycles. The second-order valence-electron chi connectivity index (χ2n) is 14.8. The maximum absolute atomic E-state index is 15.1. The van der Waals surface area contributed by atoms with E-state index in [9.17, 15) is 28.8 Å². The molecular formula is C52H44O16. The molecule has 0 aliphatic heterocycles. The van der Waals surface area contributed by atoms with Gasteiger partial charge in [-0.3, -0.25) is 19.2 Å². The Labute approximate surface area is 389 Å². The largest absolute Gasteiger partial charge is 0.481 e. The van der Waals surface area contributed by atoms with Crippen molar-refractivity contribution in [2.24, 2.45) is 0 Å². The fourth-order valence-corrected chi connectivity index (χ4v) is 7.81. The average molecular weight is 925 g/mol. The Bertz CT molecular complexity index is 2510. The number of Topliss-reactive ketones (excluding diaryl/α,β-unsaturated/α-hetero) is 2. The van der Waals surface area contributed by atoms with Crippen LogP contribution in [0.5, 0.6) is 23.0 Å². The molecule has 348 valence electrons. The summed E-state index contributed by atoms with van der Waals surface area (Å²) in [6.07, 6.45) is 4.42. The summed E-state index contributed by atoms with van der Waals surface area (Å²) in [5.74, 6) is -6.08. The van der Waals surface area contributed by atoms with Crippen molar-refractivity contribution in [1.29, 1.82) is 0 Å². The molecule has 16 heteroatoms. The van der Waals surface area contributed by atoms with Crippen molar-refractivity contribution in [3.8, 4) is 45.3 Å². The van der Waals surface area contributed by atoms with Gasteiger partial charge in [-0.2, -0.15) is 0 Å². The second kappa shape index (κ2) is 21.3. The molecule has 0 fully saturated rings. The van der Waals surface area contributed by atoms with Crippen LogP contribution in [-0.4, -0.2) is 99.9 Å². The first-order valence-corrected chi connectivity index (χ1v) is 21.6. The minimum Gasteiger partial charge on any atom is -0.481 e. The molecule has 0 amide bonds. The number of esters is 4. The second-order valence-corrected chi connectivity index (χ2v) is 14.8. The van der Waals surface area contributed by atoms with E-state index in [0.29, 0.717) is 0 Å². The van der Waals surface area contributed by atoms with Crippen LogP contribution in [0.4, 0.5) is 0 Å². The normalized spacial score (nSPS) is 13.6. The zero-order valence-electron chi connectivity index (χ0n) is 37.4. The molecule has 0 spiro atoms. The summed E-state index contributed by atoms with van der Waals surface area (Å²) in [6, 6.07) is 18.5. The lowest BCUT2D eigenvalue weighted by atomic mass is 9.82. The van der Waals surface area contributed by atoms with Crippen LogP contribution in [0, 0.1) is 0 Å². The zero-order chi connectivity index (χ0) is 48.5. The number of allylic oxidation sites excluding steroid dienone is 8. The molecule has 0 saturated heterocycles. The van der Waals surface area contributed by atoms with Gasteiger partial charge in [-0.1, -0.05) is 72.8 Å². The molecule has 16 nitrogen and oxygen atoms in total. The number of ether oxygens (including phenoxy) is 8. The number of carbonyl (C=O) groups is 8. The number of fused-ring (bicyclic) bond motifs is 18. The lowest BCUT2D eigenvalue weighted by Crippen LogP contribution is -2.20. The highest BCUT2D eigenvalue weighted by molar-refractivity contribution is 6.50. The highest BCUT2D eigenvalue weighted by Gasteiger charge is 2.35. The summed E-state index contributed by atoms with van der Waals surface area (Å²) in [5, 5.41) is 0. The molecule has 0 heterocycles. The smallest absolute Gasteiger partial charge is 0.344 e. The van der Waals surface area contributed by atoms with Crippen molar-refractivity contribution in [3.63, 3.8) is 0 Å². The Balaban J connectivity index is 1.58. The minimum absolute atomic E-state index is 0.0252. The summed E-state index contributed by atoms with van der Waals surface area (Å²) in [6.45, 7) is 3.91. The van der Waals surface area contributed by atoms with Gasteiger partial charge in [-0.05, 0) is 52.0 Å². The van der Waals surface area contributed by atoms with Gasteiger partial charge in [-0.25, -0.2) is 19.2 Å². The van der Waals surface area contributed by atoms with Gasteiger partial charge < -0.3 is 37.9 Å². The number of hydrogen-bond donors (Lipinski definition) is 0. The molecule has 12 bridgehead atoms. The first-order chi connectivity index (χ1) is 32.9. The topological polar surface area (TPSA) is 210 Å². The van der Waals surface area contributed by atoms with E-state index in [1.54, 1.807) is 76.2 Å². The summed E-state index contributed by atoms with van der Waals surface area (Å²) >= 11 is 0. The standard InChI is InChI=1S/C52H44O16/c1-5-61-43(55)25-65-49-31-13-9-17-35(49)39-21-29(53)22-40(47(39)59)37-19-11-15-33(51(37)67-27-45(57)63-7-3)34-16-12-20-38(52(34)68-28-46(58)64-8-4)42-24-30(54)23-41(48(42)60)36-18-10-14-32(31)50(36)66-26-44(56)62-6-2/h9-24H,5-8,25-28H2,1-4H3. The molecule has 0 aromatic heterocycles. The van der Waals surface area contributed by atoms with Gasteiger partial charge in [0.25, 0.3) is 0 Å². The monoisotopic (exact) mass is 924 g/mol. The Morgan fingerprint density at radius 3 is 0.750 bits per heavy atom. The highest BCUT2D eigenvalue weighted by atomic mass is 16.6. The number of para-hydroxylation sites is 4. The molecule has 0 unspecified atom stereocenters. The zero-order valence-corrected chi connectivity index (χ0v) is 37.4. The first kappa shape index (κ1) is 47.6. The maximum Gasteiger partial charge on any atom is 0.344 e. The predicted molar refractivity (Wildman–Crippen MR) is 244 cm³/mol. The van der Waals surface area contributed by atoms with E-state index in [1.807, 2.05) is 0 Å². The fourth-order valence-electron chi connectivity index (χ4n) is 7.81. The molecule has 68 heavy (non-hydrogen) atoms. The number of benzene rings is 4. The van der Waals surface area contributed by atoms with Crippen LogP contribution < -0.4 is 18.9 Å². The quantitative estimate of drug-likeness (QED) is 0.0682. The Hall–Kier alpha value is -8.40. The molecule has 7 rings (SSSR count). The van der Waals surface area contributed by atoms with Crippen molar-refractivity contribution in [1.82, 2.24) is 0 Å². The van der Waals surface area contributed by atoms with E-state index in [1.165, 1.54) is 24.3 Å². The van der Waals surface area contributed by atoms with Gasteiger partial charge >= 0.3 is 23.9 Å². The van der Waals surface area contributed by atoms with E-state index in [4.69, 9.17) is 37.9 Å². The van der Waals surface area contributed by atoms with Crippen LogP contribution in [0.3, 0.4) is 0 Å². The Kier molecular flexibility index (Phi) is 14.9. The molecule has 0 saturated carbocycles. The summed E-state index contributed by atoms with van der Waals surface area (Å²) in [7, 11) is 0. The maximum atomic E-state index is 15.1. The summed E-state index contributed by atoms with van der Waals surface area (Å²) < 4.78 is 45.5. The van der Waals surface area contributed by atoms with E-state index in [2.05, 4.69) is 0 Å². The van der Waals surface area contributed by atoms with E-state index in [0.717, 1.165) is 24.3 Å². The molecule has 0 atom stereocenters. The highest BCUT2D eigenvalue weighted by Crippen LogP contribution is 2.49. The lowest BCUT2D eigenvalue weighted by molar-refractivity contribution is -0.146. The lowest BCUT2D eigenvalue weighted by Gasteiger charge is -2.25. The van der Waals surface area contributed by atoms with Gasteiger partial charge in [-0.15, -0.1) is 0 Å². The first-order valence-electron chi connectivity index (χ1n) is 21.6.